The predicted molar refractivity (Wildman–Crippen MR) is 82.9 cm³/mol. The summed E-state index contributed by atoms with van der Waals surface area (Å²) in [5.41, 5.74) is 0.832. The van der Waals surface area contributed by atoms with Crippen LogP contribution in [0.3, 0.4) is 0 Å². The molecule has 2 unspecified atom stereocenters. The summed E-state index contributed by atoms with van der Waals surface area (Å²) in [5, 5.41) is 2.20. The molecule has 2 rings (SSSR count). The molecule has 2 aromatic rings. The lowest BCUT2D eigenvalue weighted by molar-refractivity contribution is 0.179. The van der Waals surface area contributed by atoms with E-state index in [1.807, 2.05) is 56.3 Å². The summed E-state index contributed by atoms with van der Waals surface area (Å²) < 4.78 is 17.4. The molecule has 0 spiro atoms. The molecule has 0 saturated heterocycles. The Kier molecular flexibility index (Phi) is 4.98. The molecule has 0 bridgehead atoms. The van der Waals surface area contributed by atoms with E-state index in [-0.39, 0.29) is 12.3 Å². The molecule has 2 atom stereocenters. The van der Waals surface area contributed by atoms with E-state index in [2.05, 4.69) is 0 Å². The smallest absolute Gasteiger partial charge is 0.324 e. The normalized spacial score (nSPS) is 15.9. The van der Waals surface area contributed by atoms with E-state index in [1.54, 1.807) is 0 Å². The van der Waals surface area contributed by atoms with Gasteiger partial charge in [-0.15, -0.1) is 0 Å². The molecule has 20 heavy (non-hydrogen) atoms. The molecular weight excluding hydrogens is 271 g/mol. The lowest BCUT2D eigenvalue weighted by atomic mass is 10.1. The summed E-state index contributed by atoms with van der Waals surface area (Å²) in [7, 11) is -3.58. The molecule has 1 N–H and O–H groups in total. The van der Waals surface area contributed by atoms with Crippen LogP contribution in [-0.4, -0.2) is 11.0 Å². The summed E-state index contributed by atoms with van der Waals surface area (Å²) in [4.78, 5) is 9.97. The Morgan fingerprint density at radius 1 is 1.20 bits per heavy atom. The van der Waals surface area contributed by atoms with Gasteiger partial charge in [-0.05, 0) is 29.7 Å². The highest BCUT2D eigenvalue weighted by molar-refractivity contribution is 7.52. The fraction of sp³-hybridized carbons (Fsp3) is 0.375. The SMILES string of the molecule is CCCC(C)OP(=O)(O)Cc1ccc2ccccc2c1. The maximum Gasteiger partial charge on any atom is 0.332 e. The third kappa shape index (κ3) is 4.17. The average molecular weight is 292 g/mol. The van der Waals surface area contributed by atoms with Crippen LogP contribution in [-0.2, 0) is 15.3 Å². The van der Waals surface area contributed by atoms with Crippen LogP contribution in [0.2, 0.25) is 0 Å². The highest BCUT2D eigenvalue weighted by atomic mass is 31.2. The summed E-state index contributed by atoms with van der Waals surface area (Å²) in [6, 6.07) is 13.8. The van der Waals surface area contributed by atoms with Crippen molar-refractivity contribution >= 4 is 18.4 Å². The van der Waals surface area contributed by atoms with Crippen LogP contribution in [0.15, 0.2) is 42.5 Å². The van der Waals surface area contributed by atoms with Crippen LogP contribution in [0.4, 0.5) is 0 Å². The minimum absolute atomic E-state index is 0.0614. The average Bonchev–Trinajstić information content (AvgIpc) is 2.37. The minimum atomic E-state index is -3.58. The van der Waals surface area contributed by atoms with Gasteiger partial charge in [0, 0.05) is 0 Å². The highest BCUT2D eigenvalue weighted by Crippen LogP contribution is 2.47. The zero-order chi connectivity index (χ0) is 14.6. The van der Waals surface area contributed by atoms with Crippen LogP contribution >= 0.6 is 7.60 Å². The van der Waals surface area contributed by atoms with Gasteiger partial charge >= 0.3 is 7.60 Å². The molecule has 0 aliphatic carbocycles. The van der Waals surface area contributed by atoms with Crippen molar-refractivity contribution in [3.63, 3.8) is 0 Å². The molecule has 0 fully saturated rings. The van der Waals surface area contributed by atoms with Gasteiger partial charge < -0.3 is 9.42 Å². The van der Waals surface area contributed by atoms with Gasteiger partial charge in [-0.25, -0.2) is 0 Å². The van der Waals surface area contributed by atoms with Gasteiger partial charge in [-0.1, -0.05) is 55.8 Å². The molecule has 4 heteroatoms. The monoisotopic (exact) mass is 292 g/mol. The van der Waals surface area contributed by atoms with Gasteiger partial charge in [-0.2, -0.15) is 0 Å². The van der Waals surface area contributed by atoms with Crippen molar-refractivity contribution in [1.29, 1.82) is 0 Å². The van der Waals surface area contributed by atoms with E-state index in [0.29, 0.717) is 0 Å². The Bertz CT molecular complexity index is 624. The van der Waals surface area contributed by atoms with Gasteiger partial charge in [0.1, 0.15) is 0 Å². The van der Waals surface area contributed by atoms with Crippen molar-refractivity contribution in [3.05, 3.63) is 48.0 Å². The molecule has 0 radical (unpaired) electrons. The van der Waals surface area contributed by atoms with Crippen LogP contribution in [0.1, 0.15) is 32.3 Å². The fourth-order valence-electron chi connectivity index (χ4n) is 2.35. The molecular formula is C16H21O3P. The molecule has 0 aliphatic heterocycles. The third-order valence-corrected chi connectivity index (χ3v) is 4.69. The molecule has 3 nitrogen and oxygen atoms in total. The first kappa shape index (κ1) is 15.2. The first-order chi connectivity index (χ1) is 9.50. The van der Waals surface area contributed by atoms with Gasteiger partial charge in [0.15, 0.2) is 0 Å². The summed E-state index contributed by atoms with van der Waals surface area (Å²) in [5.74, 6) is 0. The highest BCUT2D eigenvalue weighted by Gasteiger charge is 2.23. The van der Waals surface area contributed by atoms with E-state index in [9.17, 15) is 9.46 Å². The Labute approximate surface area is 120 Å². The van der Waals surface area contributed by atoms with Crippen molar-refractivity contribution in [2.24, 2.45) is 0 Å². The number of hydrogen-bond acceptors (Lipinski definition) is 2. The van der Waals surface area contributed by atoms with Crippen LogP contribution < -0.4 is 0 Å². The first-order valence-corrected chi connectivity index (χ1v) is 8.74. The number of rotatable bonds is 6. The first-order valence-electron chi connectivity index (χ1n) is 6.98. The third-order valence-electron chi connectivity index (χ3n) is 3.24. The topological polar surface area (TPSA) is 46.5 Å². The van der Waals surface area contributed by atoms with Gasteiger partial charge in [0.05, 0.1) is 12.3 Å². The number of fused-ring (bicyclic) bond motifs is 1. The van der Waals surface area contributed by atoms with E-state index >= 15 is 0 Å². The maximum absolute atomic E-state index is 12.1. The van der Waals surface area contributed by atoms with E-state index < -0.39 is 7.60 Å². The summed E-state index contributed by atoms with van der Waals surface area (Å²) >= 11 is 0. The molecule has 0 saturated carbocycles. The maximum atomic E-state index is 12.1. The Hall–Kier alpha value is -1.15. The minimum Gasteiger partial charge on any atom is -0.324 e. The second kappa shape index (κ2) is 6.53. The van der Waals surface area contributed by atoms with Gasteiger partial charge in [-0.3, -0.25) is 4.57 Å². The number of hydrogen-bond donors (Lipinski definition) is 1. The van der Waals surface area contributed by atoms with Crippen molar-refractivity contribution in [3.8, 4) is 0 Å². The Morgan fingerprint density at radius 3 is 2.60 bits per heavy atom. The van der Waals surface area contributed by atoms with Crippen LogP contribution in [0.5, 0.6) is 0 Å². The van der Waals surface area contributed by atoms with Gasteiger partial charge in [0.2, 0.25) is 0 Å². The standard InChI is InChI=1S/C16H21O3P/c1-3-6-13(2)19-20(17,18)12-14-9-10-15-7-4-5-8-16(15)11-14/h4-5,7-11,13H,3,6,12H2,1-2H3,(H,17,18). The zero-order valence-electron chi connectivity index (χ0n) is 12.0. The molecule has 0 heterocycles. The quantitative estimate of drug-likeness (QED) is 0.783. The van der Waals surface area contributed by atoms with Crippen LogP contribution in [0, 0.1) is 0 Å². The molecule has 108 valence electrons. The molecule has 0 amide bonds. The zero-order valence-corrected chi connectivity index (χ0v) is 12.8. The molecule has 0 aliphatic rings. The Morgan fingerprint density at radius 2 is 1.90 bits per heavy atom. The molecule has 0 aromatic heterocycles. The van der Waals surface area contributed by atoms with Crippen molar-refractivity contribution in [2.75, 3.05) is 0 Å². The van der Waals surface area contributed by atoms with Gasteiger partial charge in [0.25, 0.3) is 0 Å². The van der Waals surface area contributed by atoms with E-state index in [0.717, 1.165) is 29.2 Å². The fourth-order valence-corrected chi connectivity index (χ4v) is 3.75. The van der Waals surface area contributed by atoms with E-state index in [4.69, 9.17) is 4.52 Å². The van der Waals surface area contributed by atoms with Crippen molar-refractivity contribution < 1.29 is 14.0 Å². The largest absolute Gasteiger partial charge is 0.332 e. The Balaban J connectivity index is 2.12. The lowest BCUT2D eigenvalue weighted by Crippen LogP contribution is -2.06. The van der Waals surface area contributed by atoms with Crippen molar-refractivity contribution in [1.82, 2.24) is 0 Å². The summed E-state index contributed by atoms with van der Waals surface area (Å²) in [6.07, 6.45) is 1.61. The van der Waals surface area contributed by atoms with Crippen molar-refractivity contribution in [2.45, 2.75) is 39.0 Å². The predicted octanol–water partition coefficient (Wildman–Crippen LogP) is 4.73. The number of benzene rings is 2. The second-order valence-electron chi connectivity index (χ2n) is 5.18. The molecule has 2 aromatic carbocycles. The summed E-state index contributed by atoms with van der Waals surface area (Å²) in [6.45, 7) is 3.87. The lowest BCUT2D eigenvalue weighted by Gasteiger charge is -2.17. The second-order valence-corrected chi connectivity index (χ2v) is 6.98. The van der Waals surface area contributed by atoms with Crippen LogP contribution in [0.25, 0.3) is 10.8 Å². The van der Waals surface area contributed by atoms with E-state index in [1.165, 1.54) is 0 Å².